The van der Waals surface area contributed by atoms with E-state index in [9.17, 15) is 0 Å². The van der Waals surface area contributed by atoms with Gasteiger partial charge >= 0.3 is 0 Å². The summed E-state index contributed by atoms with van der Waals surface area (Å²) in [7, 11) is 0. The Balaban J connectivity index is 0.905. The highest BCUT2D eigenvalue weighted by Gasteiger charge is 2.20. The average molecular weight is 811 g/mol. The van der Waals surface area contributed by atoms with Crippen LogP contribution in [0.2, 0.25) is 0 Å². The number of benzene rings is 8. The number of thiophene rings is 1. The van der Waals surface area contributed by atoms with Crippen molar-refractivity contribution in [3.8, 4) is 78.7 Å². The first kappa shape index (κ1) is 35.8. The Morgan fingerprint density at radius 2 is 0.774 bits per heavy atom. The van der Waals surface area contributed by atoms with Crippen LogP contribution in [0.3, 0.4) is 0 Å². The fraction of sp³-hybridized carbons (Fsp3) is 0. The van der Waals surface area contributed by atoms with Crippen LogP contribution in [0.25, 0.3) is 121 Å². The van der Waals surface area contributed by atoms with E-state index in [1.54, 1.807) is 11.3 Å². The van der Waals surface area contributed by atoms with Crippen molar-refractivity contribution in [2.75, 3.05) is 0 Å². The zero-order valence-electron chi connectivity index (χ0n) is 33.2. The van der Waals surface area contributed by atoms with Gasteiger partial charge in [0.1, 0.15) is 10.4 Å². The zero-order valence-corrected chi connectivity index (χ0v) is 34.1. The maximum atomic E-state index is 6.32. The Hall–Kier alpha value is -8.06. The lowest BCUT2D eigenvalue weighted by atomic mass is 9.94. The summed E-state index contributed by atoms with van der Waals surface area (Å²) in [4.78, 5) is 21.5. The number of furan rings is 1. The number of fused-ring (bicyclic) bond motifs is 6. The molecule has 0 unspecified atom stereocenters. The van der Waals surface area contributed by atoms with E-state index in [-0.39, 0.29) is 0 Å². The van der Waals surface area contributed by atoms with Crippen molar-refractivity contribution in [1.29, 1.82) is 0 Å². The van der Waals surface area contributed by atoms with Gasteiger partial charge in [-0.3, -0.25) is 0 Å². The fourth-order valence-corrected chi connectivity index (χ4v) is 9.62. The second-order valence-corrected chi connectivity index (χ2v) is 16.4. The molecule has 0 radical (unpaired) electrons. The minimum absolute atomic E-state index is 0.579. The lowest BCUT2D eigenvalue weighted by molar-refractivity contribution is 0.653. The quantitative estimate of drug-likeness (QED) is 0.160. The van der Waals surface area contributed by atoms with Gasteiger partial charge in [0.2, 0.25) is 5.71 Å². The van der Waals surface area contributed by atoms with E-state index < -0.39 is 0 Å². The summed E-state index contributed by atoms with van der Waals surface area (Å²) in [5, 5.41) is 4.20. The molecular formula is C56H34N4OS. The van der Waals surface area contributed by atoms with Gasteiger partial charge < -0.3 is 4.42 Å². The lowest BCUT2D eigenvalue weighted by Crippen LogP contribution is -1.94. The molecular weight excluding hydrogens is 777 g/mol. The standard InChI is InChI=1S/C56H34N4OS/c1-3-15-35(16-4-1)51-49-45-27-7-9-29-47(45)61-55(49)59-54(57-51)44-26-14-24-42(34-44)40-22-12-20-38(32-40)37-19-11-21-39(31-37)41-23-13-25-43(33-41)52-50-46-28-8-10-30-48(46)62-56(50)60-53(58-52)36-17-5-2-6-18-36/h1-34H. The predicted octanol–water partition coefficient (Wildman–Crippen LogP) is 15.2. The summed E-state index contributed by atoms with van der Waals surface area (Å²) in [6.07, 6.45) is 0. The van der Waals surface area contributed by atoms with Crippen LogP contribution in [0.1, 0.15) is 0 Å². The first-order chi connectivity index (χ1) is 30.7. The van der Waals surface area contributed by atoms with Crippen molar-refractivity contribution >= 4 is 53.7 Å². The van der Waals surface area contributed by atoms with Gasteiger partial charge in [-0.05, 0) is 69.8 Å². The van der Waals surface area contributed by atoms with Crippen molar-refractivity contribution in [2.24, 2.45) is 0 Å². The monoisotopic (exact) mass is 810 g/mol. The van der Waals surface area contributed by atoms with Crippen LogP contribution in [-0.4, -0.2) is 19.9 Å². The highest BCUT2D eigenvalue weighted by atomic mass is 32.1. The molecule has 0 fully saturated rings. The molecule has 0 atom stereocenters. The summed E-state index contributed by atoms with van der Waals surface area (Å²) in [5.41, 5.74) is 13.9. The third kappa shape index (κ3) is 6.33. The molecule has 0 bridgehead atoms. The van der Waals surface area contributed by atoms with E-state index in [2.05, 4.69) is 152 Å². The largest absolute Gasteiger partial charge is 0.438 e. The molecule has 0 amide bonds. The molecule has 8 aromatic carbocycles. The summed E-state index contributed by atoms with van der Waals surface area (Å²) in [6.45, 7) is 0. The molecule has 0 saturated heterocycles. The van der Waals surface area contributed by atoms with Crippen LogP contribution >= 0.6 is 11.3 Å². The lowest BCUT2D eigenvalue weighted by Gasteiger charge is -2.11. The van der Waals surface area contributed by atoms with E-state index in [0.29, 0.717) is 11.5 Å². The number of para-hydroxylation sites is 1. The fourth-order valence-electron chi connectivity index (χ4n) is 8.55. The van der Waals surface area contributed by atoms with Crippen LogP contribution in [0.5, 0.6) is 0 Å². The van der Waals surface area contributed by atoms with Crippen molar-refractivity contribution in [3.05, 3.63) is 206 Å². The van der Waals surface area contributed by atoms with Crippen LogP contribution in [0, 0.1) is 0 Å². The predicted molar refractivity (Wildman–Crippen MR) is 256 cm³/mol. The summed E-state index contributed by atoms with van der Waals surface area (Å²) in [5.74, 6) is 1.35. The second-order valence-electron chi connectivity index (χ2n) is 15.4. The molecule has 62 heavy (non-hydrogen) atoms. The first-order valence-electron chi connectivity index (χ1n) is 20.6. The SMILES string of the molecule is c1ccc(-c2nc(-c3cccc(-c4cccc(-c5cccc(-c6cccc(-c7nc(-c8ccccc8)c8c(n7)oc7ccccc78)c6)c5)c4)c3)c3c(n2)sc2ccccc23)cc1. The number of nitrogens with zero attached hydrogens (tertiary/aromatic N) is 4. The van der Waals surface area contributed by atoms with Gasteiger partial charge in [-0.2, -0.15) is 4.98 Å². The number of aromatic nitrogens is 4. The molecule has 0 aliphatic carbocycles. The van der Waals surface area contributed by atoms with Crippen LogP contribution < -0.4 is 0 Å². The molecule has 6 heteroatoms. The van der Waals surface area contributed by atoms with Crippen molar-refractivity contribution in [1.82, 2.24) is 19.9 Å². The highest BCUT2D eigenvalue weighted by Crippen LogP contribution is 2.41. The van der Waals surface area contributed by atoms with Crippen LogP contribution in [0.4, 0.5) is 0 Å². The minimum Gasteiger partial charge on any atom is -0.438 e. The minimum atomic E-state index is 0.579. The number of hydrogen-bond acceptors (Lipinski definition) is 6. The number of hydrogen-bond donors (Lipinski definition) is 0. The third-order valence-corrected chi connectivity index (χ3v) is 12.6. The average Bonchev–Trinajstić information content (AvgIpc) is 3.93. The van der Waals surface area contributed by atoms with Gasteiger partial charge in [0, 0.05) is 43.1 Å². The van der Waals surface area contributed by atoms with Gasteiger partial charge in [0.15, 0.2) is 11.6 Å². The summed E-state index contributed by atoms with van der Waals surface area (Å²) in [6, 6.07) is 71.8. The molecule has 5 nitrogen and oxygen atoms in total. The highest BCUT2D eigenvalue weighted by molar-refractivity contribution is 7.25. The Morgan fingerprint density at radius 3 is 1.42 bits per heavy atom. The number of rotatable bonds is 7. The Kier molecular flexibility index (Phi) is 8.61. The molecule has 4 heterocycles. The zero-order chi connectivity index (χ0) is 41.0. The maximum Gasteiger partial charge on any atom is 0.231 e. The smallest absolute Gasteiger partial charge is 0.231 e. The molecule has 0 N–H and O–H groups in total. The Labute approximate surface area is 361 Å². The van der Waals surface area contributed by atoms with Crippen LogP contribution in [0.15, 0.2) is 211 Å². The van der Waals surface area contributed by atoms with Crippen molar-refractivity contribution in [2.45, 2.75) is 0 Å². The molecule has 4 aromatic heterocycles. The van der Waals surface area contributed by atoms with Gasteiger partial charge in [0.25, 0.3) is 0 Å². The topological polar surface area (TPSA) is 64.7 Å². The molecule has 0 saturated carbocycles. The van der Waals surface area contributed by atoms with Crippen molar-refractivity contribution < 1.29 is 4.42 Å². The van der Waals surface area contributed by atoms with Crippen molar-refractivity contribution in [3.63, 3.8) is 0 Å². The molecule has 0 aliphatic heterocycles. The van der Waals surface area contributed by atoms with E-state index in [0.717, 1.165) is 99.4 Å². The normalized spacial score (nSPS) is 11.5. The molecule has 0 spiro atoms. The Morgan fingerprint density at radius 1 is 0.323 bits per heavy atom. The van der Waals surface area contributed by atoms with E-state index in [4.69, 9.17) is 24.4 Å². The van der Waals surface area contributed by atoms with Gasteiger partial charge in [-0.1, -0.05) is 170 Å². The van der Waals surface area contributed by atoms with E-state index in [1.165, 1.54) is 10.1 Å². The van der Waals surface area contributed by atoms with Crippen LogP contribution in [-0.2, 0) is 0 Å². The molecule has 12 aromatic rings. The van der Waals surface area contributed by atoms with Gasteiger partial charge in [-0.25, -0.2) is 15.0 Å². The molecule has 0 aliphatic rings. The molecule has 290 valence electrons. The van der Waals surface area contributed by atoms with Gasteiger partial charge in [0.05, 0.1) is 16.8 Å². The Bertz CT molecular complexity index is 3650. The summed E-state index contributed by atoms with van der Waals surface area (Å²) < 4.78 is 7.53. The molecule has 12 rings (SSSR count). The maximum absolute atomic E-state index is 6.32. The van der Waals surface area contributed by atoms with E-state index >= 15 is 0 Å². The third-order valence-electron chi connectivity index (χ3n) is 11.5. The first-order valence-corrected chi connectivity index (χ1v) is 21.4. The summed E-state index contributed by atoms with van der Waals surface area (Å²) >= 11 is 1.72. The van der Waals surface area contributed by atoms with Gasteiger partial charge in [-0.15, -0.1) is 11.3 Å². The van der Waals surface area contributed by atoms with E-state index in [1.807, 2.05) is 54.6 Å². The second kappa shape index (κ2) is 14.9.